The summed E-state index contributed by atoms with van der Waals surface area (Å²) < 4.78 is 5.38. The summed E-state index contributed by atoms with van der Waals surface area (Å²) in [7, 11) is 1.77. The van der Waals surface area contributed by atoms with Gasteiger partial charge in [-0.3, -0.25) is 0 Å². The van der Waals surface area contributed by atoms with E-state index in [-0.39, 0.29) is 5.60 Å². The molecular formula is C13H28ClNO. The molecule has 0 saturated heterocycles. The van der Waals surface area contributed by atoms with E-state index in [1.807, 2.05) is 0 Å². The first-order valence-corrected chi connectivity index (χ1v) is 6.68. The van der Waals surface area contributed by atoms with Crippen LogP contribution in [0.25, 0.3) is 0 Å². The smallest absolute Gasteiger partial charge is 0.0634 e. The second-order valence-corrected chi connectivity index (χ2v) is 6.23. The molecule has 0 aliphatic rings. The van der Waals surface area contributed by atoms with Crippen molar-refractivity contribution in [3.8, 4) is 0 Å². The second kappa shape index (κ2) is 7.52. The molecular weight excluding hydrogens is 222 g/mol. The van der Waals surface area contributed by atoms with Gasteiger partial charge in [-0.15, -0.1) is 11.6 Å². The number of alkyl halides is 1. The van der Waals surface area contributed by atoms with Crippen LogP contribution in [-0.4, -0.2) is 31.7 Å². The average molecular weight is 250 g/mol. The first kappa shape index (κ1) is 16.2. The van der Waals surface area contributed by atoms with E-state index >= 15 is 0 Å². The molecule has 0 spiro atoms. The van der Waals surface area contributed by atoms with Crippen molar-refractivity contribution in [3.05, 3.63) is 0 Å². The Bertz CT molecular complexity index is 181. The largest absolute Gasteiger partial charge is 0.379 e. The molecule has 98 valence electrons. The Hall–Kier alpha value is 0.210. The summed E-state index contributed by atoms with van der Waals surface area (Å²) in [5.74, 6) is 0.764. The first-order valence-electron chi connectivity index (χ1n) is 6.15. The van der Waals surface area contributed by atoms with Crippen LogP contribution >= 0.6 is 11.6 Å². The van der Waals surface area contributed by atoms with Crippen molar-refractivity contribution in [2.24, 2.45) is 5.41 Å². The zero-order valence-electron chi connectivity index (χ0n) is 11.5. The fourth-order valence-electron chi connectivity index (χ4n) is 1.55. The molecule has 0 rings (SSSR count). The highest BCUT2D eigenvalue weighted by atomic mass is 35.5. The third-order valence-corrected chi connectivity index (χ3v) is 3.31. The van der Waals surface area contributed by atoms with Crippen LogP contribution in [0.4, 0.5) is 0 Å². The zero-order valence-corrected chi connectivity index (χ0v) is 12.3. The molecule has 0 aromatic rings. The van der Waals surface area contributed by atoms with Crippen molar-refractivity contribution in [1.82, 2.24) is 5.32 Å². The van der Waals surface area contributed by atoms with Gasteiger partial charge in [0.15, 0.2) is 0 Å². The van der Waals surface area contributed by atoms with Gasteiger partial charge < -0.3 is 10.1 Å². The molecule has 0 saturated carbocycles. The molecule has 0 aliphatic carbocycles. The Labute approximate surface area is 106 Å². The predicted molar refractivity (Wildman–Crippen MR) is 72.3 cm³/mol. The normalized spacial score (nSPS) is 13.1. The summed E-state index contributed by atoms with van der Waals surface area (Å²) in [5.41, 5.74) is 0.319. The van der Waals surface area contributed by atoms with Gasteiger partial charge in [0, 0.05) is 19.5 Å². The van der Waals surface area contributed by atoms with Crippen LogP contribution in [0.3, 0.4) is 0 Å². The SMILES string of the molecule is COC(C)(C)CCNCC(C)(C)CCCCl. The molecule has 0 amide bonds. The van der Waals surface area contributed by atoms with E-state index in [2.05, 4.69) is 33.0 Å². The van der Waals surface area contributed by atoms with Crippen molar-refractivity contribution < 1.29 is 4.74 Å². The lowest BCUT2D eigenvalue weighted by atomic mass is 9.88. The lowest BCUT2D eigenvalue weighted by Gasteiger charge is -2.27. The molecule has 2 nitrogen and oxygen atoms in total. The minimum Gasteiger partial charge on any atom is -0.379 e. The number of rotatable bonds is 9. The number of methoxy groups -OCH3 is 1. The van der Waals surface area contributed by atoms with Crippen LogP contribution in [-0.2, 0) is 4.74 Å². The standard InChI is InChI=1S/C13H28ClNO/c1-12(2,7-6-9-14)11-15-10-8-13(3,4)16-5/h15H,6-11H2,1-5H3. The van der Waals surface area contributed by atoms with E-state index in [1.54, 1.807) is 7.11 Å². The zero-order chi connectivity index (χ0) is 12.7. The van der Waals surface area contributed by atoms with Crippen molar-refractivity contribution in [2.75, 3.05) is 26.1 Å². The molecule has 3 heteroatoms. The van der Waals surface area contributed by atoms with Crippen molar-refractivity contribution in [3.63, 3.8) is 0 Å². The van der Waals surface area contributed by atoms with Gasteiger partial charge in [0.1, 0.15) is 0 Å². The van der Waals surface area contributed by atoms with Crippen LogP contribution in [0.1, 0.15) is 47.0 Å². The van der Waals surface area contributed by atoms with E-state index in [9.17, 15) is 0 Å². The molecule has 0 heterocycles. The quantitative estimate of drug-likeness (QED) is 0.499. The molecule has 0 aromatic heterocycles. The van der Waals surface area contributed by atoms with Crippen LogP contribution in [0.2, 0.25) is 0 Å². The molecule has 0 atom stereocenters. The van der Waals surface area contributed by atoms with Crippen molar-refractivity contribution in [1.29, 1.82) is 0 Å². The highest BCUT2D eigenvalue weighted by Gasteiger charge is 2.18. The Morgan fingerprint density at radius 1 is 1.12 bits per heavy atom. The summed E-state index contributed by atoms with van der Waals surface area (Å²) in [6.45, 7) is 10.9. The molecule has 0 aliphatic heterocycles. The summed E-state index contributed by atoms with van der Waals surface area (Å²) in [4.78, 5) is 0. The predicted octanol–water partition coefficient (Wildman–Crippen LogP) is 3.44. The monoisotopic (exact) mass is 249 g/mol. The minimum absolute atomic E-state index is 0.0206. The van der Waals surface area contributed by atoms with E-state index < -0.39 is 0 Å². The average Bonchev–Trinajstić information content (AvgIpc) is 2.22. The highest BCUT2D eigenvalue weighted by Crippen LogP contribution is 2.21. The maximum atomic E-state index is 5.71. The van der Waals surface area contributed by atoms with Gasteiger partial charge in [0.25, 0.3) is 0 Å². The molecule has 0 radical (unpaired) electrons. The second-order valence-electron chi connectivity index (χ2n) is 5.85. The minimum atomic E-state index is -0.0206. The van der Waals surface area contributed by atoms with Crippen LogP contribution in [0, 0.1) is 5.41 Å². The lowest BCUT2D eigenvalue weighted by Crippen LogP contribution is -2.34. The van der Waals surface area contributed by atoms with Gasteiger partial charge in [-0.1, -0.05) is 13.8 Å². The highest BCUT2D eigenvalue weighted by molar-refractivity contribution is 6.17. The molecule has 0 unspecified atom stereocenters. The van der Waals surface area contributed by atoms with E-state index in [0.29, 0.717) is 5.41 Å². The molecule has 0 fully saturated rings. The van der Waals surface area contributed by atoms with Crippen LogP contribution in [0.5, 0.6) is 0 Å². The van der Waals surface area contributed by atoms with Crippen molar-refractivity contribution >= 4 is 11.6 Å². The lowest BCUT2D eigenvalue weighted by molar-refractivity contribution is 0.0154. The van der Waals surface area contributed by atoms with E-state index in [1.165, 1.54) is 6.42 Å². The first-order chi connectivity index (χ1) is 7.33. The number of halogens is 1. The van der Waals surface area contributed by atoms with Gasteiger partial charge in [-0.2, -0.15) is 0 Å². The topological polar surface area (TPSA) is 21.3 Å². The Balaban J connectivity index is 3.64. The fourth-order valence-corrected chi connectivity index (χ4v) is 1.69. The third-order valence-electron chi connectivity index (χ3n) is 3.05. The molecule has 0 bridgehead atoms. The third kappa shape index (κ3) is 8.37. The Morgan fingerprint density at radius 2 is 1.75 bits per heavy atom. The number of nitrogens with one attached hydrogen (secondary N) is 1. The Morgan fingerprint density at radius 3 is 2.25 bits per heavy atom. The van der Waals surface area contributed by atoms with Crippen molar-refractivity contribution in [2.45, 2.75) is 52.6 Å². The van der Waals surface area contributed by atoms with E-state index in [0.717, 1.165) is 31.8 Å². The van der Waals surface area contributed by atoms with E-state index in [4.69, 9.17) is 16.3 Å². The van der Waals surface area contributed by atoms with Gasteiger partial charge in [0.2, 0.25) is 0 Å². The maximum absolute atomic E-state index is 5.71. The molecule has 1 N–H and O–H groups in total. The molecule has 0 aromatic carbocycles. The molecule has 16 heavy (non-hydrogen) atoms. The van der Waals surface area contributed by atoms with Gasteiger partial charge in [-0.05, 0) is 45.1 Å². The summed E-state index contributed by atoms with van der Waals surface area (Å²) in [6, 6.07) is 0. The summed E-state index contributed by atoms with van der Waals surface area (Å²) in [6.07, 6.45) is 3.31. The number of hydrogen-bond acceptors (Lipinski definition) is 2. The van der Waals surface area contributed by atoms with Gasteiger partial charge in [-0.25, -0.2) is 0 Å². The van der Waals surface area contributed by atoms with Crippen LogP contribution in [0.15, 0.2) is 0 Å². The van der Waals surface area contributed by atoms with Crippen LogP contribution < -0.4 is 5.32 Å². The van der Waals surface area contributed by atoms with Gasteiger partial charge >= 0.3 is 0 Å². The summed E-state index contributed by atoms with van der Waals surface area (Å²) >= 11 is 5.71. The fraction of sp³-hybridized carbons (Fsp3) is 1.00. The Kier molecular flexibility index (Phi) is 7.62. The number of hydrogen-bond donors (Lipinski definition) is 1. The maximum Gasteiger partial charge on any atom is 0.0634 e. The summed E-state index contributed by atoms with van der Waals surface area (Å²) in [5, 5.41) is 3.50. The van der Waals surface area contributed by atoms with Gasteiger partial charge in [0.05, 0.1) is 5.60 Å². The number of ether oxygens (including phenoxy) is 1.